The van der Waals surface area contributed by atoms with Crippen molar-refractivity contribution in [2.75, 3.05) is 6.61 Å². The summed E-state index contributed by atoms with van der Waals surface area (Å²) >= 11 is 0. The van der Waals surface area contributed by atoms with Crippen LogP contribution >= 0.6 is 0 Å². The van der Waals surface area contributed by atoms with E-state index in [0.29, 0.717) is 5.56 Å². The van der Waals surface area contributed by atoms with Gasteiger partial charge in [0.2, 0.25) is 0 Å². The van der Waals surface area contributed by atoms with Gasteiger partial charge in [0.05, 0.1) is 6.10 Å². The van der Waals surface area contributed by atoms with Crippen LogP contribution in [0.4, 0.5) is 13.2 Å². The molecule has 0 aliphatic rings. The molecule has 84 valence electrons. The highest BCUT2D eigenvalue weighted by molar-refractivity contribution is 5.29. The van der Waals surface area contributed by atoms with Gasteiger partial charge in [-0.25, -0.2) is 0 Å². The molecule has 15 heavy (non-hydrogen) atoms. The van der Waals surface area contributed by atoms with Gasteiger partial charge in [-0.3, -0.25) is 0 Å². The number of aliphatic hydroxyl groups is 1. The molecule has 0 heterocycles. The van der Waals surface area contributed by atoms with Crippen LogP contribution in [0.3, 0.4) is 0 Å². The Labute approximate surface area is 85.3 Å². The van der Waals surface area contributed by atoms with E-state index in [0.717, 1.165) is 0 Å². The number of hydrogen-bond donors (Lipinski definition) is 1. The van der Waals surface area contributed by atoms with Crippen LogP contribution in [0.2, 0.25) is 0 Å². The molecule has 1 N–H and O–H groups in total. The molecule has 0 fully saturated rings. The van der Waals surface area contributed by atoms with Crippen molar-refractivity contribution < 1.29 is 23.0 Å². The number of ether oxygens (including phenoxy) is 1. The van der Waals surface area contributed by atoms with E-state index in [9.17, 15) is 18.3 Å². The zero-order valence-corrected chi connectivity index (χ0v) is 8.08. The first-order valence-electron chi connectivity index (χ1n) is 4.36. The second-order valence-electron chi connectivity index (χ2n) is 3.15. The van der Waals surface area contributed by atoms with Gasteiger partial charge in [-0.05, 0) is 24.6 Å². The lowest BCUT2D eigenvalue weighted by Gasteiger charge is -2.11. The van der Waals surface area contributed by atoms with Gasteiger partial charge in [0.1, 0.15) is 5.75 Å². The molecule has 0 amide bonds. The van der Waals surface area contributed by atoms with E-state index in [2.05, 4.69) is 4.74 Å². The van der Waals surface area contributed by atoms with Crippen LogP contribution in [-0.2, 0) is 0 Å². The first-order chi connectivity index (χ1) is 6.88. The minimum absolute atomic E-state index is 0.103. The minimum Gasteiger partial charge on any atom is -0.484 e. The lowest BCUT2D eigenvalue weighted by molar-refractivity contribution is -0.153. The van der Waals surface area contributed by atoms with Gasteiger partial charge in [-0.2, -0.15) is 13.2 Å². The average molecular weight is 220 g/mol. The molecule has 2 nitrogen and oxygen atoms in total. The molecule has 5 heteroatoms. The van der Waals surface area contributed by atoms with Crippen molar-refractivity contribution in [1.82, 2.24) is 0 Å². The maximum Gasteiger partial charge on any atom is 0.422 e. The summed E-state index contributed by atoms with van der Waals surface area (Å²) < 4.78 is 40.0. The highest BCUT2D eigenvalue weighted by atomic mass is 19.4. The fourth-order valence-corrected chi connectivity index (χ4v) is 1.03. The first kappa shape index (κ1) is 11.8. The Balaban J connectivity index is 2.66. The minimum atomic E-state index is -4.35. The van der Waals surface area contributed by atoms with Gasteiger partial charge in [0.25, 0.3) is 0 Å². The maximum absolute atomic E-state index is 11.8. The van der Waals surface area contributed by atoms with Crippen molar-refractivity contribution in [3.8, 4) is 5.75 Å². The summed E-state index contributed by atoms with van der Waals surface area (Å²) in [4.78, 5) is 0. The fraction of sp³-hybridized carbons (Fsp3) is 0.400. The second-order valence-corrected chi connectivity index (χ2v) is 3.15. The SMILES string of the molecule is C[C@@H](O)c1cccc(OCC(F)(F)F)c1. The molecule has 1 aromatic rings. The Hall–Kier alpha value is -1.23. The standard InChI is InChI=1S/C10H11F3O2/c1-7(14)8-3-2-4-9(5-8)15-6-10(11,12)13/h2-5,7,14H,6H2,1H3/t7-/m1/s1. The zero-order chi connectivity index (χ0) is 11.5. The van der Waals surface area contributed by atoms with Crippen LogP contribution in [0.1, 0.15) is 18.6 Å². The van der Waals surface area contributed by atoms with Crippen LogP contribution in [0, 0.1) is 0 Å². The Bertz CT molecular complexity index is 321. The topological polar surface area (TPSA) is 29.5 Å². The van der Waals surface area contributed by atoms with Gasteiger partial charge < -0.3 is 9.84 Å². The van der Waals surface area contributed by atoms with E-state index in [4.69, 9.17) is 0 Å². The van der Waals surface area contributed by atoms with Crippen LogP contribution < -0.4 is 4.74 Å². The molecule has 0 aromatic heterocycles. The number of aliphatic hydroxyl groups excluding tert-OH is 1. The van der Waals surface area contributed by atoms with Crippen molar-refractivity contribution >= 4 is 0 Å². The Morgan fingerprint density at radius 3 is 2.60 bits per heavy atom. The molecular formula is C10H11F3O2. The normalized spacial score (nSPS) is 13.7. The van der Waals surface area contributed by atoms with E-state index in [1.54, 1.807) is 6.07 Å². The molecular weight excluding hydrogens is 209 g/mol. The van der Waals surface area contributed by atoms with Crippen LogP contribution in [0.15, 0.2) is 24.3 Å². The lowest BCUT2D eigenvalue weighted by Crippen LogP contribution is -2.19. The summed E-state index contributed by atoms with van der Waals surface area (Å²) in [5.74, 6) is 0.103. The third-order valence-electron chi connectivity index (χ3n) is 1.74. The zero-order valence-electron chi connectivity index (χ0n) is 8.08. The van der Waals surface area contributed by atoms with Crippen molar-refractivity contribution in [3.63, 3.8) is 0 Å². The Morgan fingerprint density at radius 2 is 2.07 bits per heavy atom. The monoisotopic (exact) mass is 220 g/mol. The lowest BCUT2D eigenvalue weighted by atomic mass is 10.1. The van der Waals surface area contributed by atoms with E-state index >= 15 is 0 Å². The molecule has 1 rings (SSSR count). The quantitative estimate of drug-likeness (QED) is 0.848. The summed E-state index contributed by atoms with van der Waals surface area (Å²) in [6.45, 7) is 0.207. The molecule has 1 aromatic carbocycles. The Kier molecular flexibility index (Phi) is 3.57. The first-order valence-corrected chi connectivity index (χ1v) is 4.36. The van der Waals surface area contributed by atoms with Crippen molar-refractivity contribution in [2.24, 2.45) is 0 Å². The van der Waals surface area contributed by atoms with Gasteiger partial charge in [-0.15, -0.1) is 0 Å². The molecule has 0 bridgehead atoms. The predicted octanol–water partition coefficient (Wildman–Crippen LogP) is 2.68. The fourth-order valence-electron chi connectivity index (χ4n) is 1.03. The van der Waals surface area contributed by atoms with E-state index in [1.165, 1.54) is 25.1 Å². The smallest absolute Gasteiger partial charge is 0.422 e. The highest BCUT2D eigenvalue weighted by Gasteiger charge is 2.28. The summed E-state index contributed by atoms with van der Waals surface area (Å²) in [5, 5.41) is 9.20. The number of halogens is 3. The average Bonchev–Trinajstić information content (AvgIpc) is 2.14. The predicted molar refractivity (Wildman–Crippen MR) is 48.6 cm³/mol. The van der Waals surface area contributed by atoms with Crippen LogP contribution in [-0.4, -0.2) is 17.9 Å². The van der Waals surface area contributed by atoms with Crippen molar-refractivity contribution in [2.45, 2.75) is 19.2 Å². The van der Waals surface area contributed by atoms with Crippen LogP contribution in [0.25, 0.3) is 0 Å². The summed E-state index contributed by atoms with van der Waals surface area (Å²) in [5.41, 5.74) is 0.523. The number of benzene rings is 1. The molecule has 0 aliphatic heterocycles. The number of rotatable bonds is 3. The van der Waals surface area contributed by atoms with Crippen molar-refractivity contribution in [1.29, 1.82) is 0 Å². The highest BCUT2D eigenvalue weighted by Crippen LogP contribution is 2.21. The number of hydrogen-bond acceptors (Lipinski definition) is 2. The molecule has 0 saturated heterocycles. The number of alkyl halides is 3. The van der Waals surface area contributed by atoms with E-state index in [-0.39, 0.29) is 5.75 Å². The molecule has 1 atom stereocenters. The van der Waals surface area contributed by atoms with Gasteiger partial charge in [0.15, 0.2) is 6.61 Å². The molecule has 0 spiro atoms. The summed E-state index contributed by atoms with van der Waals surface area (Å²) in [7, 11) is 0. The second kappa shape index (κ2) is 4.53. The van der Waals surface area contributed by atoms with Crippen LogP contribution in [0.5, 0.6) is 5.75 Å². The van der Waals surface area contributed by atoms with E-state index < -0.39 is 18.9 Å². The van der Waals surface area contributed by atoms with Gasteiger partial charge in [0, 0.05) is 0 Å². The molecule has 0 saturated carbocycles. The van der Waals surface area contributed by atoms with E-state index in [1.807, 2.05) is 0 Å². The summed E-state index contributed by atoms with van der Waals surface area (Å²) in [6.07, 6.45) is -5.07. The third kappa shape index (κ3) is 4.20. The van der Waals surface area contributed by atoms with Gasteiger partial charge >= 0.3 is 6.18 Å². The molecule has 0 radical (unpaired) electrons. The summed E-state index contributed by atoms with van der Waals surface area (Å²) in [6, 6.07) is 5.95. The third-order valence-corrected chi connectivity index (χ3v) is 1.74. The molecule has 0 aliphatic carbocycles. The largest absolute Gasteiger partial charge is 0.484 e. The molecule has 0 unspecified atom stereocenters. The maximum atomic E-state index is 11.8. The Morgan fingerprint density at radius 1 is 1.40 bits per heavy atom. The van der Waals surface area contributed by atoms with Crippen molar-refractivity contribution in [3.05, 3.63) is 29.8 Å². The van der Waals surface area contributed by atoms with Gasteiger partial charge in [-0.1, -0.05) is 12.1 Å².